The van der Waals surface area contributed by atoms with Crippen molar-refractivity contribution >= 4 is 34.8 Å². The second-order valence-corrected chi connectivity index (χ2v) is 9.83. The predicted octanol–water partition coefficient (Wildman–Crippen LogP) is 2.51. The zero-order valence-electron chi connectivity index (χ0n) is 22.0. The first kappa shape index (κ1) is 26.5. The molecule has 0 aromatic heterocycles. The first-order chi connectivity index (χ1) is 17.9. The summed E-state index contributed by atoms with van der Waals surface area (Å²) in [5.74, 6) is -0.573. The summed E-state index contributed by atoms with van der Waals surface area (Å²) in [6.45, 7) is 9.07. The predicted molar refractivity (Wildman–Crippen MR) is 145 cm³/mol. The van der Waals surface area contributed by atoms with Crippen LogP contribution in [-0.4, -0.2) is 75.5 Å². The largest absolute Gasteiger partial charge is 0.497 e. The summed E-state index contributed by atoms with van der Waals surface area (Å²) < 4.78 is 5.23. The molecule has 2 aliphatic heterocycles. The highest BCUT2D eigenvalue weighted by molar-refractivity contribution is 6.39. The summed E-state index contributed by atoms with van der Waals surface area (Å²) in [5.41, 5.74) is 3.58. The standard InChI is InChI=1S/C28H37N5O4/c1-20(2)28(36)33-13-4-5-21-6-7-22(19-25(21)33)30-27(35)26(34)29-12-14-31-15-17-32(18-16-31)23-8-10-24(37-3)11-9-23/h6-11,19-20H,4-5,12-18H2,1-3H3,(H,29,34)(H,30,35). The zero-order chi connectivity index (χ0) is 26.4. The Morgan fingerprint density at radius 2 is 1.68 bits per heavy atom. The Kier molecular flexibility index (Phi) is 8.66. The number of piperazine rings is 1. The lowest BCUT2D eigenvalue weighted by Crippen LogP contribution is -2.49. The van der Waals surface area contributed by atoms with E-state index >= 15 is 0 Å². The van der Waals surface area contributed by atoms with Gasteiger partial charge in [0.15, 0.2) is 0 Å². The smallest absolute Gasteiger partial charge is 0.313 e. The number of rotatable bonds is 7. The lowest BCUT2D eigenvalue weighted by atomic mass is 9.99. The molecule has 0 radical (unpaired) electrons. The van der Waals surface area contributed by atoms with E-state index in [1.165, 1.54) is 5.69 Å². The molecule has 0 atom stereocenters. The lowest BCUT2D eigenvalue weighted by Gasteiger charge is -2.36. The van der Waals surface area contributed by atoms with Crippen molar-refractivity contribution < 1.29 is 19.1 Å². The van der Waals surface area contributed by atoms with Crippen molar-refractivity contribution in [1.29, 1.82) is 0 Å². The van der Waals surface area contributed by atoms with Crippen molar-refractivity contribution in [3.63, 3.8) is 0 Å². The fourth-order valence-corrected chi connectivity index (χ4v) is 4.81. The highest BCUT2D eigenvalue weighted by Gasteiger charge is 2.25. The zero-order valence-corrected chi connectivity index (χ0v) is 22.0. The Morgan fingerprint density at radius 3 is 2.35 bits per heavy atom. The van der Waals surface area contributed by atoms with E-state index in [4.69, 9.17) is 4.74 Å². The van der Waals surface area contributed by atoms with Crippen LogP contribution in [-0.2, 0) is 20.8 Å². The van der Waals surface area contributed by atoms with Gasteiger partial charge in [-0.05, 0) is 54.8 Å². The Labute approximate surface area is 218 Å². The number of nitrogens with one attached hydrogen (secondary N) is 2. The molecule has 1 saturated heterocycles. The molecule has 4 rings (SSSR count). The lowest BCUT2D eigenvalue weighted by molar-refractivity contribution is -0.136. The van der Waals surface area contributed by atoms with Crippen LogP contribution in [0.2, 0.25) is 0 Å². The van der Waals surface area contributed by atoms with E-state index < -0.39 is 11.8 Å². The third-order valence-electron chi connectivity index (χ3n) is 6.95. The molecule has 0 saturated carbocycles. The van der Waals surface area contributed by atoms with Crippen LogP contribution in [0.1, 0.15) is 25.8 Å². The number of anilines is 3. The fraction of sp³-hybridized carbons (Fsp3) is 0.464. The molecule has 2 aromatic carbocycles. The Hall–Kier alpha value is -3.59. The summed E-state index contributed by atoms with van der Waals surface area (Å²) in [5, 5.41) is 5.41. The molecule has 37 heavy (non-hydrogen) atoms. The molecule has 2 N–H and O–H groups in total. The molecule has 0 aliphatic carbocycles. The average molecular weight is 508 g/mol. The van der Waals surface area contributed by atoms with Gasteiger partial charge in [0, 0.05) is 68.8 Å². The van der Waals surface area contributed by atoms with E-state index in [9.17, 15) is 14.4 Å². The second-order valence-electron chi connectivity index (χ2n) is 9.83. The molecule has 9 heteroatoms. The highest BCUT2D eigenvalue weighted by Crippen LogP contribution is 2.31. The third kappa shape index (κ3) is 6.60. The quantitative estimate of drug-likeness (QED) is 0.560. The number of fused-ring (bicyclic) bond motifs is 1. The van der Waals surface area contributed by atoms with Gasteiger partial charge >= 0.3 is 11.8 Å². The summed E-state index contributed by atoms with van der Waals surface area (Å²) in [7, 11) is 1.66. The van der Waals surface area contributed by atoms with E-state index in [1.54, 1.807) is 24.1 Å². The van der Waals surface area contributed by atoms with Crippen molar-refractivity contribution in [1.82, 2.24) is 10.2 Å². The minimum Gasteiger partial charge on any atom is -0.497 e. The average Bonchev–Trinajstić information content (AvgIpc) is 2.92. The van der Waals surface area contributed by atoms with Crippen LogP contribution in [0.15, 0.2) is 42.5 Å². The van der Waals surface area contributed by atoms with Crippen LogP contribution in [0.4, 0.5) is 17.1 Å². The Bertz CT molecular complexity index is 1110. The van der Waals surface area contributed by atoms with Crippen LogP contribution < -0.4 is 25.2 Å². The first-order valence-electron chi connectivity index (χ1n) is 13.0. The number of nitrogens with zero attached hydrogens (tertiary/aromatic N) is 3. The van der Waals surface area contributed by atoms with Gasteiger partial charge in [-0.2, -0.15) is 0 Å². The second kappa shape index (κ2) is 12.1. The maximum absolute atomic E-state index is 12.6. The van der Waals surface area contributed by atoms with Gasteiger partial charge in [-0.25, -0.2) is 0 Å². The van der Waals surface area contributed by atoms with Gasteiger partial charge < -0.3 is 25.2 Å². The van der Waals surface area contributed by atoms with Gasteiger partial charge in [0.25, 0.3) is 0 Å². The summed E-state index contributed by atoms with van der Waals surface area (Å²) in [4.78, 5) is 43.9. The van der Waals surface area contributed by atoms with Crippen molar-refractivity contribution in [2.45, 2.75) is 26.7 Å². The molecule has 198 valence electrons. The number of amides is 3. The molecular weight excluding hydrogens is 470 g/mol. The maximum atomic E-state index is 12.6. The van der Waals surface area contributed by atoms with Crippen LogP contribution in [0, 0.1) is 5.92 Å². The molecule has 2 aromatic rings. The van der Waals surface area contributed by atoms with Crippen LogP contribution >= 0.6 is 0 Å². The van der Waals surface area contributed by atoms with E-state index in [-0.39, 0.29) is 11.8 Å². The normalized spacial score (nSPS) is 15.8. The van der Waals surface area contributed by atoms with Crippen LogP contribution in [0.25, 0.3) is 0 Å². The minimum atomic E-state index is -0.707. The van der Waals surface area contributed by atoms with Crippen molar-refractivity contribution in [3.05, 3.63) is 48.0 Å². The molecule has 1 fully saturated rings. The molecule has 9 nitrogen and oxygen atoms in total. The topological polar surface area (TPSA) is 94.2 Å². The van der Waals surface area contributed by atoms with E-state index in [0.717, 1.165) is 56.0 Å². The highest BCUT2D eigenvalue weighted by atomic mass is 16.5. The van der Waals surface area contributed by atoms with Crippen LogP contribution in [0.5, 0.6) is 5.75 Å². The Morgan fingerprint density at radius 1 is 0.946 bits per heavy atom. The third-order valence-corrected chi connectivity index (χ3v) is 6.95. The SMILES string of the molecule is COc1ccc(N2CCN(CCNC(=O)C(=O)Nc3ccc4c(c3)N(C(=O)C(C)C)CCC4)CC2)cc1. The van der Waals surface area contributed by atoms with E-state index in [1.807, 2.05) is 32.0 Å². The number of benzene rings is 2. The summed E-state index contributed by atoms with van der Waals surface area (Å²) in [6, 6.07) is 13.6. The minimum absolute atomic E-state index is 0.0620. The number of hydrogen-bond donors (Lipinski definition) is 2. The van der Waals surface area contributed by atoms with Gasteiger partial charge in [0.2, 0.25) is 5.91 Å². The molecule has 2 aliphatic rings. The molecule has 0 unspecified atom stereocenters. The van der Waals surface area contributed by atoms with Crippen LogP contribution in [0.3, 0.4) is 0 Å². The van der Waals surface area contributed by atoms with E-state index in [2.05, 4.69) is 32.6 Å². The van der Waals surface area contributed by atoms with Gasteiger partial charge in [0.05, 0.1) is 7.11 Å². The van der Waals surface area contributed by atoms with Gasteiger partial charge in [0.1, 0.15) is 5.75 Å². The molecule has 2 heterocycles. The van der Waals surface area contributed by atoms with Gasteiger partial charge in [-0.3, -0.25) is 19.3 Å². The Balaban J connectivity index is 1.22. The molecule has 0 spiro atoms. The number of hydrogen-bond acceptors (Lipinski definition) is 6. The number of aryl methyl sites for hydroxylation is 1. The van der Waals surface area contributed by atoms with Gasteiger partial charge in [-0.1, -0.05) is 19.9 Å². The fourth-order valence-electron chi connectivity index (χ4n) is 4.81. The first-order valence-corrected chi connectivity index (χ1v) is 13.0. The molecular formula is C28H37N5O4. The molecule has 3 amide bonds. The maximum Gasteiger partial charge on any atom is 0.313 e. The summed E-state index contributed by atoms with van der Waals surface area (Å²) in [6.07, 6.45) is 1.80. The number of carbonyl (C=O) groups excluding carboxylic acids is 3. The van der Waals surface area contributed by atoms with Gasteiger partial charge in [-0.15, -0.1) is 0 Å². The monoisotopic (exact) mass is 507 g/mol. The molecule has 0 bridgehead atoms. The van der Waals surface area contributed by atoms with Crippen molar-refractivity contribution in [3.8, 4) is 5.75 Å². The number of carbonyl (C=O) groups is 3. The number of methoxy groups -OCH3 is 1. The van der Waals surface area contributed by atoms with Crippen molar-refractivity contribution in [2.24, 2.45) is 5.92 Å². The van der Waals surface area contributed by atoms with E-state index in [0.29, 0.717) is 25.3 Å². The van der Waals surface area contributed by atoms with Crippen molar-refractivity contribution in [2.75, 3.05) is 68.0 Å². The number of ether oxygens (including phenoxy) is 1. The summed E-state index contributed by atoms with van der Waals surface area (Å²) >= 11 is 0.